The molecule has 5 heteroatoms. The first kappa shape index (κ1) is 14.3. The summed E-state index contributed by atoms with van der Waals surface area (Å²) in [6.45, 7) is 1.44. The first-order valence-corrected chi connectivity index (χ1v) is 7.94. The van der Waals surface area contributed by atoms with Crippen molar-refractivity contribution in [2.75, 3.05) is 11.6 Å². The molecule has 1 N–H and O–H groups in total. The molecule has 0 unspecified atom stereocenters. The largest absolute Gasteiger partial charge is 0.326 e. The Balaban J connectivity index is 2.45. The highest BCUT2D eigenvalue weighted by Gasteiger charge is 2.13. The van der Waals surface area contributed by atoms with Crippen molar-refractivity contribution >= 4 is 21.4 Å². The second-order valence-corrected chi connectivity index (χ2v) is 6.51. The average molecular weight is 289 g/mol. The quantitative estimate of drug-likeness (QED) is 0.945. The van der Waals surface area contributed by atoms with Gasteiger partial charge in [0.05, 0.1) is 4.90 Å². The molecular formula is C15H15NO3S. The third kappa shape index (κ3) is 3.24. The van der Waals surface area contributed by atoms with Gasteiger partial charge in [0.15, 0.2) is 9.84 Å². The number of nitrogens with one attached hydrogen (secondary N) is 1. The van der Waals surface area contributed by atoms with E-state index in [1.54, 1.807) is 48.5 Å². The van der Waals surface area contributed by atoms with Crippen molar-refractivity contribution in [2.24, 2.45) is 0 Å². The van der Waals surface area contributed by atoms with E-state index in [1.165, 1.54) is 13.2 Å². The van der Waals surface area contributed by atoms with E-state index in [2.05, 4.69) is 5.32 Å². The Morgan fingerprint density at radius 3 is 2.15 bits per heavy atom. The van der Waals surface area contributed by atoms with Crippen LogP contribution >= 0.6 is 0 Å². The average Bonchev–Trinajstić information content (AvgIpc) is 2.38. The maximum absolute atomic E-state index is 11.8. The predicted molar refractivity (Wildman–Crippen MR) is 79.3 cm³/mol. The molecule has 1 amide bonds. The van der Waals surface area contributed by atoms with Crippen molar-refractivity contribution in [1.82, 2.24) is 0 Å². The second-order valence-electron chi connectivity index (χ2n) is 4.53. The fourth-order valence-corrected chi connectivity index (χ4v) is 2.88. The monoisotopic (exact) mass is 289 g/mol. The van der Waals surface area contributed by atoms with Gasteiger partial charge in [-0.15, -0.1) is 0 Å². The van der Waals surface area contributed by atoms with Crippen LogP contribution in [0.1, 0.15) is 6.92 Å². The molecule has 0 saturated heterocycles. The lowest BCUT2D eigenvalue weighted by atomic mass is 10.1. The van der Waals surface area contributed by atoms with Crippen LogP contribution in [-0.2, 0) is 14.6 Å². The molecule has 0 aliphatic heterocycles. The summed E-state index contributed by atoms with van der Waals surface area (Å²) in [5, 5.41) is 2.67. The Hall–Kier alpha value is -2.14. The first-order valence-electron chi connectivity index (χ1n) is 6.05. The maximum Gasteiger partial charge on any atom is 0.221 e. The van der Waals surface area contributed by atoms with Gasteiger partial charge in [-0.1, -0.05) is 30.3 Å². The van der Waals surface area contributed by atoms with Crippen molar-refractivity contribution in [1.29, 1.82) is 0 Å². The molecule has 2 aromatic rings. The van der Waals surface area contributed by atoms with Crippen LogP contribution < -0.4 is 5.32 Å². The van der Waals surface area contributed by atoms with Gasteiger partial charge in [0.1, 0.15) is 0 Å². The summed E-state index contributed by atoms with van der Waals surface area (Å²) in [6.07, 6.45) is 1.19. The number of sulfone groups is 1. The molecular weight excluding hydrogens is 274 g/mol. The lowest BCUT2D eigenvalue weighted by molar-refractivity contribution is -0.114. The summed E-state index contributed by atoms with van der Waals surface area (Å²) in [4.78, 5) is 11.3. The number of hydrogen-bond donors (Lipinski definition) is 1. The number of anilines is 1. The minimum absolute atomic E-state index is 0.144. The zero-order chi connectivity index (χ0) is 14.8. The van der Waals surface area contributed by atoms with Gasteiger partial charge in [-0.05, 0) is 23.8 Å². The molecule has 0 saturated carbocycles. The molecule has 0 aliphatic rings. The molecule has 2 aromatic carbocycles. The van der Waals surface area contributed by atoms with E-state index in [1.807, 2.05) is 0 Å². The summed E-state index contributed by atoms with van der Waals surface area (Å²) in [5.41, 5.74) is 2.13. The zero-order valence-electron chi connectivity index (χ0n) is 11.3. The molecule has 0 aromatic heterocycles. The SMILES string of the molecule is CC(=O)Nc1ccc(-c2ccccc2S(C)(=O)=O)cc1. The van der Waals surface area contributed by atoms with Gasteiger partial charge in [-0.3, -0.25) is 4.79 Å². The number of benzene rings is 2. The molecule has 0 fully saturated rings. The number of amides is 1. The standard InChI is InChI=1S/C15H15NO3S/c1-11(17)16-13-9-7-12(8-10-13)14-5-3-4-6-15(14)20(2,18)19/h3-10H,1-2H3,(H,16,17). The summed E-state index contributed by atoms with van der Waals surface area (Å²) < 4.78 is 23.6. The molecule has 104 valence electrons. The van der Waals surface area contributed by atoms with Gasteiger partial charge in [0.2, 0.25) is 5.91 Å². The van der Waals surface area contributed by atoms with Gasteiger partial charge in [-0.2, -0.15) is 0 Å². The lowest BCUT2D eigenvalue weighted by Gasteiger charge is -2.09. The number of carbonyl (C=O) groups is 1. The highest BCUT2D eigenvalue weighted by Crippen LogP contribution is 2.28. The van der Waals surface area contributed by atoms with Crippen LogP contribution in [0.25, 0.3) is 11.1 Å². The maximum atomic E-state index is 11.8. The van der Waals surface area contributed by atoms with Crippen LogP contribution in [0, 0.1) is 0 Å². The number of carbonyl (C=O) groups excluding carboxylic acids is 1. The van der Waals surface area contributed by atoms with Crippen molar-refractivity contribution in [2.45, 2.75) is 11.8 Å². The Labute approximate surface area is 118 Å². The molecule has 20 heavy (non-hydrogen) atoms. The summed E-state index contributed by atoms with van der Waals surface area (Å²) in [5.74, 6) is -0.144. The van der Waals surface area contributed by atoms with Crippen molar-refractivity contribution in [3.05, 3.63) is 48.5 Å². The number of hydrogen-bond acceptors (Lipinski definition) is 3. The van der Waals surface area contributed by atoms with Crippen LogP contribution in [0.15, 0.2) is 53.4 Å². The van der Waals surface area contributed by atoms with E-state index < -0.39 is 9.84 Å². The number of rotatable bonds is 3. The first-order chi connectivity index (χ1) is 9.38. The third-order valence-electron chi connectivity index (χ3n) is 2.80. The van der Waals surface area contributed by atoms with Gasteiger partial charge in [0.25, 0.3) is 0 Å². The van der Waals surface area contributed by atoms with E-state index in [-0.39, 0.29) is 5.91 Å². The van der Waals surface area contributed by atoms with Gasteiger partial charge in [-0.25, -0.2) is 8.42 Å². The highest BCUT2D eigenvalue weighted by atomic mass is 32.2. The second kappa shape index (κ2) is 5.46. The van der Waals surface area contributed by atoms with Gasteiger partial charge < -0.3 is 5.32 Å². The Kier molecular flexibility index (Phi) is 3.90. The smallest absolute Gasteiger partial charge is 0.221 e. The summed E-state index contributed by atoms with van der Waals surface area (Å²) in [6, 6.07) is 13.9. The minimum atomic E-state index is -3.28. The van der Waals surface area contributed by atoms with E-state index in [4.69, 9.17) is 0 Å². The molecule has 0 aliphatic carbocycles. The molecule has 2 rings (SSSR count). The molecule has 4 nitrogen and oxygen atoms in total. The van der Waals surface area contributed by atoms with Crippen molar-refractivity contribution in [3.8, 4) is 11.1 Å². The lowest BCUT2D eigenvalue weighted by Crippen LogP contribution is -2.05. The van der Waals surface area contributed by atoms with Crippen molar-refractivity contribution in [3.63, 3.8) is 0 Å². The molecule has 0 spiro atoms. The van der Waals surface area contributed by atoms with Crippen LogP contribution in [-0.4, -0.2) is 20.6 Å². The van der Waals surface area contributed by atoms with Crippen LogP contribution in [0.2, 0.25) is 0 Å². The highest BCUT2D eigenvalue weighted by molar-refractivity contribution is 7.90. The van der Waals surface area contributed by atoms with Crippen LogP contribution in [0.3, 0.4) is 0 Å². The van der Waals surface area contributed by atoms with Gasteiger partial charge >= 0.3 is 0 Å². The Morgan fingerprint density at radius 2 is 1.60 bits per heavy atom. The third-order valence-corrected chi connectivity index (χ3v) is 3.96. The van der Waals surface area contributed by atoms with Crippen LogP contribution in [0.5, 0.6) is 0 Å². The van der Waals surface area contributed by atoms with E-state index in [0.717, 1.165) is 5.56 Å². The molecule has 0 atom stereocenters. The zero-order valence-corrected chi connectivity index (χ0v) is 12.1. The molecule has 0 heterocycles. The predicted octanol–water partition coefficient (Wildman–Crippen LogP) is 2.72. The topological polar surface area (TPSA) is 63.2 Å². The van der Waals surface area contributed by atoms with E-state index in [0.29, 0.717) is 16.1 Å². The summed E-state index contributed by atoms with van der Waals surface area (Å²) in [7, 11) is -3.28. The van der Waals surface area contributed by atoms with Crippen molar-refractivity contribution < 1.29 is 13.2 Å². The normalized spacial score (nSPS) is 11.1. The van der Waals surface area contributed by atoms with E-state index in [9.17, 15) is 13.2 Å². The molecule has 0 radical (unpaired) electrons. The summed E-state index contributed by atoms with van der Waals surface area (Å²) >= 11 is 0. The minimum Gasteiger partial charge on any atom is -0.326 e. The fourth-order valence-electron chi connectivity index (χ4n) is 1.96. The Morgan fingerprint density at radius 1 is 1.00 bits per heavy atom. The van der Waals surface area contributed by atoms with E-state index >= 15 is 0 Å². The fraction of sp³-hybridized carbons (Fsp3) is 0.133. The molecule has 0 bridgehead atoms. The van der Waals surface area contributed by atoms with Gasteiger partial charge in [0, 0.05) is 24.4 Å². The van der Waals surface area contributed by atoms with Crippen LogP contribution in [0.4, 0.5) is 5.69 Å². The Bertz CT molecular complexity index is 734.